The first-order chi connectivity index (χ1) is 9.06. The van der Waals surface area contributed by atoms with Gasteiger partial charge < -0.3 is 10.1 Å². The molecule has 1 aliphatic carbocycles. The molecule has 0 atom stereocenters. The number of rotatable bonds is 6. The van der Waals surface area contributed by atoms with Gasteiger partial charge in [0.25, 0.3) is 5.91 Å². The molecule has 5 heteroatoms. The van der Waals surface area contributed by atoms with Crippen LogP contribution in [0.4, 0.5) is 0 Å². The smallest absolute Gasteiger partial charge is 0.252 e. The molecule has 0 aliphatic heterocycles. The second kappa shape index (κ2) is 6.25. The molecule has 1 fully saturated rings. The minimum atomic E-state index is -0.0627. The second-order valence-electron chi connectivity index (χ2n) is 5.05. The summed E-state index contributed by atoms with van der Waals surface area (Å²) in [5, 5.41) is 3.62. The Morgan fingerprint density at radius 2 is 2.26 bits per heavy atom. The summed E-state index contributed by atoms with van der Waals surface area (Å²) < 4.78 is 5.83. The molecule has 1 aromatic carbocycles. The van der Waals surface area contributed by atoms with Crippen LogP contribution in [0.3, 0.4) is 0 Å². The molecular weight excluding hydrogens is 330 g/mol. The van der Waals surface area contributed by atoms with Crippen molar-refractivity contribution in [3.63, 3.8) is 0 Å². The maximum atomic E-state index is 12.1. The number of ether oxygens (including phenoxy) is 1. The van der Waals surface area contributed by atoms with E-state index in [2.05, 4.69) is 21.2 Å². The molecule has 0 aromatic heterocycles. The lowest BCUT2D eigenvalue weighted by Gasteiger charge is -2.15. The van der Waals surface area contributed by atoms with E-state index in [0.29, 0.717) is 17.1 Å². The summed E-state index contributed by atoms with van der Waals surface area (Å²) in [7, 11) is 1.71. The van der Waals surface area contributed by atoms with E-state index < -0.39 is 0 Å². The van der Waals surface area contributed by atoms with Gasteiger partial charge in [-0.3, -0.25) is 4.79 Å². The highest BCUT2D eigenvalue weighted by molar-refractivity contribution is 9.10. The predicted molar refractivity (Wildman–Crippen MR) is 79.6 cm³/mol. The lowest BCUT2D eigenvalue weighted by molar-refractivity contribution is 0.0937. The first kappa shape index (κ1) is 14.8. The van der Waals surface area contributed by atoms with Crippen LogP contribution in [0.15, 0.2) is 22.7 Å². The van der Waals surface area contributed by atoms with E-state index in [1.54, 1.807) is 25.3 Å². The van der Waals surface area contributed by atoms with Gasteiger partial charge in [0.2, 0.25) is 0 Å². The van der Waals surface area contributed by atoms with Crippen molar-refractivity contribution in [2.45, 2.75) is 19.3 Å². The number of amides is 1. The fourth-order valence-electron chi connectivity index (χ4n) is 2.05. The van der Waals surface area contributed by atoms with Crippen molar-refractivity contribution in [1.82, 2.24) is 5.32 Å². The lowest BCUT2D eigenvalue weighted by Crippen LogP contribution is -2.31. The van der Waals surface area contributed by atoms with Gasteiger partial charge in [-0.15, -0.1) is 0 Å². The minimum absolute atomic E-state index is 0.0627. The minimum Gasteiger partial charge on any atom is -0.385 e. The molecule has 104 valence electrons. The van der Waals surface area contributed by atoms with Crippen LogP contribution in [0.5, 0.6) is 0 Å². The van der Waals surface area contributed by atoms with Gasteiger partial charge in [-0.2, -0.15) is 0 Å². The van der Waals surface area contributed by atoms with Crippen LogP contribution >= 0.6 is 27.5 Å². The molecule has 2 rings (SSSR count). The van der Waals surface area contributed by atoms with Crippen molar-refractivity contribution in [2.75, 3.05) is 20.3 Å². The highest BCUT2D eigenvalue weighted by Gasteiger charge is 2.42. The Morgan fingerprint density at radius 3 is 2.84 bits per heavy atom. The fourth-order valence-corrected chi connectivity index (χ4v) is 2.91. The molecule has 19 heavy (non-hydrogen) atoms. The number of benzene rings is 1. The van der Waals surface area contributed by atoms with E-state index in [0.717, 1.165) is 17.5 Å². The number of methoxy groups -OCH3 is 1. The van der Waals surface area contributed by atoms with Gasteiger partial charge in [-0.05, 0) is 58.8 Å². The molecule has 0 bridgehead atoms. The average Bonchev–Trinajstić information content (AvgIpc) is 3.14. The van der Waals surface area contributed by atoms with Crippen LogP contribution in [-0.4, -0.2) is 26.2 Å². The first-order valence-corrected chi connectivity index (χ1v) is 7.46. The van der Waals surface area contributed by atoms with Crippen LogP contribution in [0, 0.1) is 5.41 Å². The van der Waals surface area contributed by atoms with Crippen LogP contribution in [-0.2, 0) is 4.74 Å². The molecule has 0 unspecified atom stereocenters. The van der Waals surface area contributed by atoms with E-state index >= 15 is 0 Å². The largest absolute Gasteiger partial charge is 0.385 e. The van der Waals surface area contributed by atoms with Gasteiger partial charge in [-0.1, -0.05) is 11.6 Å². The zero-order valence-corrected chi connectivity index (χ0v) is 13.2. The molecule has 1 aromatic rings. The van der Waals surface area contributed by atoms with Gasteiger partial charge in [0.1, 0.15) is 0 Å². The number of hydrogen-bond donors (Lipinski definition) is 1. The summed E-state index contributed by atoms with van der Waals surface area (Å²) in [6, 6.07) is 5.18. The zero-order chi connectivity index (χ0) is 13.9. The van der Waals surface area contributed by atoms with Gasteiger partial charge in [0, 0.05) is 29.8 Å². The van der Waals surface area contributed by atoms with Crippen LogP contribution in [0.1, 0.15) is 29.6 Å². The van der Waals surface area contributed by atoms with E-state index in [-0.39, 0.29) is 11.3 Å². The Morgan fingerprint density at radius 1 is 1.53 bits per heavy atom. The van der Waals surface area contributed by atoms with Crippen molar-refractivity contribution < 1.29 is 9.53 Å². The monoisotopic (exact) mass is 345 g/mol. The number of carbonyl (C=O) groups is 1. The van der Waals surface area contributed by atoms with Crippen LogP contribution < -0.4 is 5.32 Å². The predicted octanol–water partition coefficient (Wildman–Crippen LogP) is 3.65. The molecule has 0 saturated heterocycles. The summed E-state index contributed by atoms with van der Waals surface area (Å²) in [6.07, 6.45) is 3.34. The van der Waals surface area contributed by atoms with Gasteiger partial charge in [-0.25, -0.2) is 0 Å². The molecule has 1 aliphatic rings. The summed E-state index contributed by atoms with van der Waals surface area (Å²) in [4.78, 5) is 12.1. The Labute approximate surface area is 126 Å². The molecule has 0 heterocycles. The third kappa shape index (κ3) is 3.94. The van der Waals surface area contributed by atoms with E-state index in [9.17, 15) is 4.79 Å². The Kier molecular flexibility index (Phi) is 4.87. The second-order valence-corrected chi connectivity index (χ2v) is 6.34. The Balaban J connectivity index is 1.91. The number of halogens is 2. The third-order valence-electron chi connectivity index (χ3n) is 3.59. The summed E-state index contributed by atoms with van der Waals surface area (Å²) in [5.74, 6) is -0.0627. The van der Waals surface area contributed by atoms with E-state index in [1.807, 2.05) is 0 Å². The quantitative estimate of drug-likeness (QED) is 0.854. The molecule has 1 amide bonds. The van der Waals surface area contributed by atoms with Crippen molar-refractivity contribution in [3.05, 3.63) is 33.3 Å². The molecule has 1 saturated carbocycles. The van der Waals surface area contributed by atoms with Gasteiger partial charge in [0.05, 0.1) is 5.56 Å². The Bertz CT molecular complexity index is 475. The molecule has 3 nitrogen and oxygen atoms in total. The summed E-state index contributed by atoms with van der Waals surface area (Å²) >= 11 is 9.22. The molecular formula is C14H17BrClNO2. The standard InChI is InChI=1S/C14H17BrClNO2/c1-19-7-6-14(4-5-14)9-17-13(18)11-3-2-10(16)8-12(11)15/h2-3,8H,4-7,9H2,1H3,(H,17,18). The SMILES string of the molecule is COCCC1(CNC(=O)c2ccc(Cl)cc2Br)CC1. The van der Waals surface area contributed by atoms with Crippen molar-refractivity contribution in [1.29, 1.82) is 0 Å². The lowest BCUT2D eigenvalue weighted by atomic mass is 10.0. The highest BCUT2D eigenvalue weighted by atomic mass is 79.9. The average molecular weight is 347 g/mol. The topological polar surface area (TPSA) is 38.3 Å². The van der Waals surface area contributed by atoms with Crippen molar-refractivity contribution in [3.8, 4) is 0 Å². The zero-order valence-electron chi connectivity index (χ0n) is 10.8. The van der Waals surface area contributed by atoms with Crippen LogP contribution in [0.2, 0.25) is 5.02 Å². The molecule has 1 N–H and O–H groups in total. The van der Waals surface area contributed by atoms with Gasteiger partial charge >= 0.3 is 0 Å². The van der Waals surface area contributed by atoms with Crippen molar-refractivity contribution in [2.24, 2.45) is 5.41 Å². The van der Waals surface area contributed by atoms with Gasteiger partial charge in [0.15, 0.2) is 0 Å². The molecule has 0 spiro atoms. The number of hydrogen-bond acceptors (Lipinski definition) is 2. The first-order valence-electron chi connectivity index (χ1n) is 6.28. The maximum absolute atomic E-state index is 12.1. The molecule has 0 radical (unpaired) electrons. The maximum Gasteiger partial charge on any atom is 0.252 e. The highest BCUT2D eigenvalue weighted by Crippen LogP contribution is 2.48. The third-order valence-corrected chi connectivity index (χ3v) is 4.48. The van der Waals surface area contributed by atoms with Crippen molar-refractivity contribution >= 4 is 33.4 Å². The fraction of sp³-hybridized carbons (Fsp3) is 0.500. The van der Waals surface area contributed by atoms with Crippen LogP contribution in [0.25, 0.3) is 0 Å². The normalized spacial score (nSPS) is 16.2. The Hall–Kier alpha value is -0.580. The van der Waals surface area contributed by atoms with E-state index in [4.69, 9.17) is 16.3 Å². The summed E-state index contributed by atoms with van der Waals surface area (Å²) in [6.45, 7) is 1.46. The number of carbonyl (C=O) groups excluding carboxylic acids is 1. The number of nitrogens with one attached hydrogen (secondary N) is 1. The summed E-state index contributed by atoms with van der Waals surface area (Å²) in [5.41, 5.74) is 0.872. The van der Waals surface area contributed by atoms with E-state index in [1.165, 1.54) is 12.8 Å².